The van der Waals surface area contributed by atoms with Gasteiger partial charge in [0.25, 0.3) is 5.91 Å². The largest absolute Gasteiger partial charge is 0.495 e. The van der Waals surface area contributed by atoms with Crippen molar-refractivity contribution >= 4 is 21.8 Å². The van der Waals surface area contributed by atoms with Gasteiger partial charge in [0, 0.05) is 17.6 Å². The molecule has 0 atom stereocenters. The van der Waals surface area contributed by atoms with E-state index in [1.807, 2.05) is 32.6 Å². The van der Waals surface area contributed by atoms with E-state index in [9.17, 15) is 4.79 Å². The molecule has 20 heavy (non-hydrogen) atoms. The Balaban J connectivity index is 3.28. The molecule has 1 aromatic carbocycles. The summed E-state index contributed by atoms with van der Waals surface area (Å²) >= 11 is 3.40. The molecule has 0 aliphatic rings. The molecule has 1 amide bonds. The lowest BCUT2D eigenvalue weighted by atomic mass is 10.1. The zero-order valence-electron chi connectivity index (χ0n) is 12.9. The Morgan fingerprint density at radius 3 is 1.75 bits per heavy atom. The summed E-state index contributed by atoms with van der Waals surface area (Å²) in [4.78, 5) is 14.5. The van der Waals surface area contributed by atoms with Crippen molar-refractivity contribution in [3.8, 4) is 11.5 Å². The average molecular weight is 344 g/mol. The predicted octanol–water partition coefficient (Wildman–Crippen LogP) is 3.73. The highest BCUT2D eigenvalue weighted by atomic mass is 79.9. The maximum Gasteiger partial charge on any atom is 0.254 e. The van der Waals surface area contributed by atoms with Crippen molar-refractivity contribution in [1.29, 1.82) is 0 Å². The van der Waals surface area contributed by atoms with Crippen LogP contribution >= 0.6 is 15.9 Å². The highest BCUT2D eigenvalue weighted by Crippen LogP contribution is 2.36. The molecular weight excluding hydrogens is 322 g/mol. The fourth-order valence-corrected chi connectivity index (χ4v) is 2.76. The summed E-state index contributed by atoms with van der Waals surface area (Å²) in [7, 11) is 3.13. The minimum Gasteiger partial charge on any atom is -0.495 e. The van der Waals surface area contributed by atoms with Crippen molar-refractivity contribution in [2.75, 3.05) is 14.2 Å². The minimum absolute atomic E-state index is 0.0286. The first-order chi connectivity index (χ1) is 9.33. The Morgan fingerprint density at radius 1 is 1.05 bits per heavy atom. The van der Waals surface area contributed by atoms with Crippen molar-refractivity contribution in [1.82, 2.24) is 4.90 Å². The highest BCUT2D eigenvalue weighted by Gasteiger charge is 2.23. The fourth-order valence-electron chi connectivity index (χ4n) is 2.21. The van der Waals surface area contributed by atoms with E-state index >= 15 is 0 Å². The van der Waals surface area contributed by atoms with Crippen LogP contribution in [0.15, 0.2) is 16.6 Å². The Hall–Kier alpha value is -1.23. The maximum atomic E-state index is 12.7. The van der Waals surface area contributed by atoms with Gasteiger partial charge >= 0.3 is 0 Å². The summed E-state index contributed by atoms with van der Waals surface area (Å²) in [5.74, 6) is 1.14. The second-order valence-corrected chi connectivity index (χ2v) is 5.89. The normalized spacial score (nSPS) is 10.8. The smallest absolute Gasteiger partial charge is 0.254 e. The molecule has 0 heterocycles. The number of benzene rings is 1. The second-order valence-electron chi connectivity index (χ2n) is 5.09. The molecule has 0 fully saturated rings. The second kappa shape index (κ2) is 6.97. The number of carbonyl (C=O) groups is 1. The van der Waals surface area contributed by atoms with Gasteiger partial charge < -0.3 is 14.4 Å². The number of methoxy groups -OCH3 is 2. The van der Waals surface area contributed by atoms with Crippen LogP contribution in [0.5, 0.6) is 11.5 Å². The van der Waals surface area contributed by atoms with E-state index in [0.29, 0.717) is 21.5 Å². The zero-order chi connectivity index (χ0) is 15.4. The quantitative estimate of drug-likeness (QED) is 0.817. The summed E-state index contributed by atoms with van der Waals surface area (Å²) in [6, 6.07) is 3.71. The molecular formula is C15H22BrNO3. The molecule has 0 spiro atoms. The third-order valence-corrected chi connectivity index (χ3v) is 3.82. The molecule has 4 nitrogen and oxygen atoms in total. The lowest BCUT2D eigenvalue weighted by molar-refractivity contribution is 0.0643. The molecule has 0 radical (unpaired) electrons. The number of rotatable bonds is 5. The first-order valence-electron chi connectivity index (χ1n) is 6.57. The van der Waals surface area contributed by atoms with Crippen molar-refractivity contribution in [2.24, 2.45) is 0 Å². The zero-order valence-corrected chi connectivity index (χ0v) is 14.4. The SMILES string of the molecule is COc1cc(C(=O)N(C(C)C)C(C)C)cc(OC)c1Br. The van der Waals surface area contributed by atoms with Crippen molar-refractivity contribution in [2.45, 2.75) is 39.8 Å². The van der Waals surface area contributed by atoms with Gasteiger partial charge in [-0.1, -0.05) is 0 Å². The Bertz CT molecular complexity index is 453. The molecule has 0 saturated carbocycles. The summed E-state index contributed by atoms with van der Waals surface area (Å²) in [5, 5.41) is 0. The highest BCUT2D eigenvalue weighted by molar-refractivity contribution is 9.10. The van der Waals surface area contributed by atoms with E-state index in [0.717, 1.165) is 0 Å². The molecule has 0 aliphatic heterocycles. The van der Waals surface area contributed by atoms with Crippen LogP contribution in [0.3, 0.4) is 0 Å². The monoisotopic (exact) mass is 343 g/mol. The molecule has 0 N–H and O–H groups in total. The molecule has 0 bridgehead atoms. The van der Waals surface area contributed by atoms with Crippen molar-refractivity contribution in [3.63, 3.8) is 0 Å². The molecule has 0 unspecified atom stereocenters. The van der Waals surface area contributed by atoms with Gasteiger partial charge in [0.05, 0.1) is 14.2 Å². The van der Waals surface area contributed by atoms with Crippen LogP contribution in [-0.2, 0) is 0 Å². The fraction of sp³-hybridized carbons (Fsp3) is 0.533. The van der Waals surface area contributed by atoms with Crippen molar-refractivity contribution < 1.29 is 14.3 Å². The summed E-state index contributed by atoms with van der Waals surface area (Å²) in [6.45, 7) is 8.02. The molecule has 112 valence electrons. The van der Waals surface area contributed by atoms with Crippen LogP contribution in [-0.4, -0.2) is 37.1 Å². The Morgan fingerprint density at radius 2 is 1.45 bits per heavy atom. The van der Waals surface area contributed by atoms with E-state index < -0.39 is 0 Å². The van der Waals surface area contributed by atoms with Gasteiger partial charge in [-0.05, 0) is 55.8 Å². The predicted molar refractivity (Wildman–Crippen MR) is 83.7 cm³/mol. The van der Waals surface area contributed by atoms with Gasteiger partial charge in [0.1, 0.15) is 16.0 Å². The van der Waals surface area contributed by atoms with E-state index in [1.165, 1.54) is 0 Å². The first-order valence-corrected chi connectivity index (χ1v) is 7.36. The standard InChI is InChI=1S/C15H22BrNO3/c1-9(2)17(10(3)4)15(18)11-7-12(19-5)14(16)13(8-11)20-6/h7-10H,1-6H3. The van der Waals surface area contributed by atoms with Gasteiger partial charge in [-0.3, -0.25) is 4.79 Å². The Kier molecular flexibility index (Phi) is 5.87. The number of halogens is 1. The van der Waals surface area contributed by atoms with Gasteiger partial charge in [0.2, 0.25) is 0 Å². The number of nitrogens with zero attached hydrogens (tertiary/aromatic N) is 1. The molecule has 0 saturated heterocycles. The van der Waals surface area contributed by atoms with Gasteiger partial charge in [-0.2, -0.15) is 0 Å². The van der Waals surface area contributed by atoms with Crippen LogP contribution in [0.2, 0.25) is 0 Å². The van der Waals surface area contributed by atoms with Crippen molar-refractivity contribution in [3.05, 3.63) is 22.2 Å². The van der Waals surface area contributed by atoms with E-state index in [4.69, 9.17) is 9.47 Å². The van der Waals surface area contributed by atoms with Gasteiger partial charge in [-0.25, -0.2) is 0 Å². The summed E-state index contributed by atoms with van der Waals surface area (Å²) < 4.78 is 11.3. The Labute approximate surface area is 129 Å². The number of amides is 1. The summed E-state index contributed by atoms with van der Waals surface area (Å²) in [6.07, 6.45) is 0. The van der Waals surface area contributed by atoms with Crippen LogP contribution < -0.4 is 9.47 Å². The first kappa shape index (κ1) is 16.8. The minimum atomic E-state index is -0.0286. The third kappa shape index (κ3) is 3.45. The molecule has 1 rings (SSSR count). The van der Waals surface area contributed by atoms with Crippen LogP contribution in [0.25, 0.3) is 0 Å². The summed E-state index contributed by atoms with van der Waals surface area (Å²) in [5.41, 5.74) is 0.560. The molecule has 1 aromatic rings. The third-order valence-electron chi connectivity index (χ3n) is 3.04. The number of hydrogen-bond donors (Lipinski definition) is 0. The molecule has 0 aliphatic carbocycles. The van der Waals surface area contributed by atoms with Crippen LogP contribution in [0.4, 0.5) is 0 Å². The number of ether oxygens (including phenoxy) is 2. The lowest BCUT2D eigenvalue weighted by Crippen LogP contribution is -2.42. The van der Waals surface area contributed by atoms with E-state index in [1.54, 1.807) is 26.4 Å². The van der Waals surface area contributed by atoms with Gasteiger partial charge in [-0.15, -0.1) is 0 Å². The van der Waals surface area contributed by atoms with Crippen LogP contribution in [0, 0.1) is 0 Å². The van der Waals surface area contributed by atoms with E-state index in [-0.39, 0.29) is 18.0 Å². The average Bonchev–Trinajstić information content (AvgIpc) is 2.37. The number of hydrogen-bond acceptors (Lipinski definition) is 3. The topological polar surface area (TPSA) is 38.8 Å². The van der Waals surface area contributed by atoms with E-state index in [2.05, 4.69) is 15.9 Å². The number of carbonyl (C=O) groups excluding carboxylic acids is 1. The lowest BCUT2D eigenvalue weighted by Gasteiger charge is -2.31. The van der Waals surface area contributed by atoms with Gasteiger partial charge in [0.15, 0.2) is 0 Å². The maximum absolute atomic E-state index is 12.7. The molecule has 5 heteroatoms. The molecule has 0 aromatic heterocycles. The van der Waals surface area contributed by atoms with Crippen LogP contribution in [0.1, 0.15) is 38.1 Å².